The third-order valence-corrected chi connectivity index (χ3v) is 3.03. The Morgan fingerprint density at radius 2 is 1.92 bits per heavy atom. The van der Waals surface area contributed by atoms with E-state index in [9.17, 15) is 8.42 Å². The van der Waals surface area contributed by atoms with Gasteiger partial charge in [-0.25, -0.2) is 13.4 Å². The molecule has 0 bridgehead atoms. The van der Waals surface area contributed by atoms with Crippen LogP contribution in [0.25, 0.3) is 0 Å². The van der Waals surface area contributed by atoms with Crippen molar-refractivity contribution in [1.82, 2.24) is 0 Å². The fourth-order valence-electron chi connectivity index (χ4n) is 1.12. The number of rotatable bonds is 0. The van der Waals surface area contributed by atoms with E-state index < -0.39 is 9.84 Å². The van der Waals surface area contributed by atoms with Gasteiger partial charge in [0, 0.05) is 23.8 Å². The molecule has 74 valence electrons. The zero-order valence-corrected chi connectivity index (χ0v) is 9.27. The number of hydrogen-bond acceptors (Lipinski definition) is 3. The van der Waals surface area contributed by atoms with Crippen molar-refractivity contribution in [2.45, 2.75) is 27.2 Å². The lowest BCUT2D eigenvalue weighted by Gasteiger charge is -2.16. The first kappa shape index (κ1) is 10.4. The van der Waals surface area contributed by atoms with Gasteiger partial charge in [0.2, 0.25) is 0 Å². The van der Waals surface area contributed by atoms with E-state index in [1.54, 1.807) is 0 Å². The van der Waals surface area contributed by atoms with Crippen LogP contribution in [0.4, 0.5) is 0 Å². The SMILES string of the molecule is CC(C)(C)C1=CCC(S(C)(=O)=O)=N1. The standard InChI is InChI=1S/C9H15NO2S/c1-9(2,3)7-5-6-8(10-7)13(4,11)12/h5H,6H2,1-4H3. The molecular formula is C9H15NO2S. The van der Waals surface area contributed by atoms with Crippen molar-refractivity contribution in [3.63, 3.8) is 0 Å². The molecule has 0 N–H and O–H groups in total. The first-order chi connectivity index (χ1) is 5.71. The van der Waals surface area contributed by atoms with Crippen LogP contribution < -0.4 is 0 Å². The normalized spacial score (nSPS) is 18.5. The smallest absolute Gasteiger partial charge is 0.189 e. The molecule has 3 nitrogen and oxygen atoms in total. The molecule has 1 rings (SSSR count). The summed E-state index contributed by atoms with van der Waals surface area (Å²) in [7, 11) is -3.10. The van der Waals surface area contributed by atoms with Crippen molar-refractivity contribution in [1.29, 1.82) is 0 Å². The fourth-order valence-corrected chi connectivity index (χ4v) is 1.77. The molecule has 0 amide bonds. The minimum Gasteiger partial charge on any atom is -0.245 e. The van der Waals surface area contributed by atoms with E-state index in [1.165, 1.54) is 6.26 Å². The molecule has 0 saturated heterocycles. The van der Waals surface area contributed by atoms with E-state index in [1.807, 2.05) is 26.8 Å². The van der Waals surface area contributed by atoms with Gasteiger partial charge in [-0.05, 0) is 0 Å². The first-order valence-electron chi connectivity index (χ1n) is 4.19. The summed E-state index contributed by atoms with van der Waals surface area (Å²) in [6, 6.07) is 0. The minimum absolute atomic E-state index is 0.0631. The van der Waals surface area contributed by atoms with E-state index in [2.05, 4.69) is 4.99 Å². The Morgan fingerprint density at radius 1 is 1.38 bits per heavy atom. The Morgan fingerprint density at radius 3 is 2.15 bits per heavy atom. The van der Waals surface area contributed by atoms with Crippen LogP contribution in [0, 0.1) is 5.41 Å². The second kappa shape index (κ2) is 2.94. The summed E-state index contributed by atoms with van der Waals surface area (Å²) in [5.74, 6) is 0. The molecular weight excluding hydrogens is 186 g/mol. The molecule has 0 aliphatic carbocycles. The average Bonchev–Trinajstić information content (AvgIpc) is 2.28. The maximum absolute atomic E-state index is 11.1. The van der Waals surface area contributed by atoms with Crippen LogP contribution in [0.1, 0.15) is 27.2 Å². The number of allylic oxidation sites excluding steroid dienone is 2. The third-order valence-electron chi connectivity index (χ3n) is 1.91. The van der Waals surface area contributed by atoms with Crippen LogP contribution in [-0.4, -0.2) is 19.7 Å². The zero-order valence-electron chi connectivity index (χ0n) is 8.46. The van der Waals surface area contributed by atoms with Crippen molar-refractivity contribution in [3.8, 4) is 0 Å². The quantitative estimate of drug-likeness (QED) is 0.599. The lowest BCUT2D eigenvalue weighted by Crippen LogP contribution is -2.11. The van der Waals surface area contributed by atoms with E-state index >= 15 is 0 Å². The van der Waals surface area contributed by atoms with Gasteiger partial charge < -0.3 is 0 Å². The zero-order chi connectivity index (χ0) is 10.3. The number of hydrogen-bond donors (Lipinski definition) is 0. The number of aliphatic imine (C=N–C) groups is 1. The molecule has 0 unspecified atom stereocenters. The highest BCUT2D eigenvalue weighted by Crippen LogP contribution is 2.30. The van der Waals surface area contributed by atoms with Gasteiger partial charge >= 0.3 is 0 Å². The molecule has 0 atom stereocenters. The molecule has 4 heteroatoms. The molecule has 1 heterocycles. The van der Waals surface area contributed by atoms with Crippen molar-refractivity contribution in [2.75, 3.05) is 6.26 Å². The predicted molar refractivity (Wildman–Crippen MR) is 54.4 cm³/mol. The second-order valence-electron chi connectivity index (χ2n) is 4.32. The van der Waals surface area contributed by atoms with Crippen LogP contribution in [0.3, 0.4) is 0 Å². The van der Waals surface area contributed by atoms with Crippen LogP contribution in [-0.2, 0) is 9.84 Å². The van der Waals surface area contributed by atoms with Crippen molar-refractivity contribution in [3.05, 3.63) is 11.8 Å². The van der Waals surface area contributed by atoms with Crippen molar-refractivity contribution >= 4 is 14.9 Å². The lowest BCUT2D eigenvalue weighted by atomic mass is 9.92. The highest BCUT2D eigenvalue weighted by atomic mass is 32.2. The van der Waals surface area contributed by atoms with Crippen molar-refractivity contribution < 1.29 is 8.42 Å². The van der Waals surface area contributed by atoms with Gasteiger partial charge in [0.15, 0.2) is 9.84 Å². The maximum atomic E-state index is 11.1. The number of nitrogens with zero attached hydrogens (tertiary/aromatic N) is 1. The van der Waals surface area contributed by atoms with Crippen LogP contribution in [0.15, 0.2) is 16.8 Å². The van der Waals surface area contributed by atoms with Crippen LogP contribution in [0.5, 0.6) is 0 Å². The van der Waals surface area contributed by atoms with Gasteiger partial charge in [-0.3, -0.25) is 0 Å². The van der Waals surface area contributed by atoms with E-state index in [-0.39, 0.29) is 10.5 Å². The molecule has 0 aromatic rings. The summed E-state index contributed by atoms with van der Waals surface area (Å²) >= 11 is 0. The summed E-state index contributed by atoms with van der Waals surface area (Å²) in [6.45, 7) is 6.06. The molecule has 0 saturated carbocycles. The van der Waals surface area contributed by atoms with Gasteiger partial charge in [0.05, 0.1) is 0 Å². The highest BCUT2D eigenvalue weighted by molar-refractivity contribution is 8.05. The molecule has 0 aromatic carbocycles. The van der Waals surface area contributed by atoms with Crippen LogP contribution >= 0.6 is 0 Å². The lowest BCUT2D eigenvalue weighted by molar-refractivity contribution is 0.500. The summed E-state index contributed by atoms with van der Waals surface area (Å²) < 4.78 is 22.3. The van der Waals surface area contributed by atoms with Gasteiger partial charge in [-0.15, -0.1) is 0 Å². The van der Waals surface area contributed by atoms with E-state index in [4.69, 9.17) is 0 Å². The van der Waals surface area contributed by atoms with Gasteiger partial charge in [-0.1, -0.05) is 26.8 Å². The second-order valence-corrected chi connectivity index (χ2v) is 6.34. The predicted octanol–water partition coefficient (Wildman–Crippen LogP) is 1.76. The Labute approximate surface area is 79.5 Å². The molecule has 0 spiro atoms. The summed E-state index contributed by atoms with van der Waals surface area (Å²) in [5, 5.41) is 0.289. The molecule has 0 radical (unpaired) electrons. The molecule has 0 aromatic heterocycles. The van der Waals surface area contributed by atoms with Gasteiger partial charge in [0.25, 0.3) is 0 Å². The Bertz CT molecular complexity index is 369. The fraction of sp³-hybridized carbons (Fsp3) is 0.667. The topological polar surface area (TPSA) is 46.5 Å². The molecule has 0 fully saturated rings. The summed E-state index contributed by atoms with van der Waals surface area (Å²) in [5.41, 5.74) is 0.805. The van der Waals surface area contributed by atoms with E-state index in [0.29, 0.717) is 6.42 Å². The molecule has 1 aliphatic rings. The largest absolute Gasteiger partial charge is 0.245 e. The van der Waals surface area contributed by atoms with Gasteiger partial charge in [0.1, 0.15) is 5.04 Å². The van der Waals surface area contributed by atoms with E-state index in [0.717, 1.165) is 5.70 Å². The summed E-state index contributed by atoms with van der Waals surface area (Å²) in [4.78, 5) is 4.12. The monoisotopic (exact) mass is 201 g/mol. The molecule has 1 aliphatic heterocycles. The Balaban J connectivity index is 2.97. The van der Waals surface area contributed by atoms with Crippen LogP contribution in [0.2, 0.25) is 0 Å². The summed E-state index contributed by atoms with van der Waals surface area (Å²) in [6.07, 6.45) is 3.53. The highest BCUT2D eigenvalue weighted by Gasteiger charge is 2.24. The average molecular weight is 201 g/mol. The first-order valence-corrected chi connectivity index (χ1v) is 6.08. The maximum Gasteiger partial charge on any atom is 0.189 e. The van der Waals surface area contributed by atoms with Gasteiger partial charge in [-0.2, -0.15) is 0 Å². The molecule has 13 heavy (non-hydrogen) atoms. The number of sulfone groups is 1. The Kier molecular flexibility index (Phi) is 2.36. The Hall–Kier alpha value is -0.640. The third kappa shape index (κ3) is 2.40. The van der Waals surface area contributed by atoms with Crippen molar-refractivity contribution in [2.24, 2.45) is 10.4 Å². The minimum atomic E-state index is -3.10.